The van der Waals surface area contributed by atoms with E-state index >= 15 is 0 Å². The summed E-state index contributed by atoms with van der Waals surface area (Å²) in [6, 6.07) is 6.90. The van der Waals surface area contributed by atoms with Gasteiger partial charge >= 0.3 is 0 Å². The predicted octanol–water partition coefficient (Wildman–Crippen LogP) is 4.15. The Balaban J connectivity index is 2.07. The lowest BCUT2D eigenvalue weighted by atomic mass is 10.1. The minimum absolute atomic E-state index is 0.615. The van der Waals surface area contributed by atoms with Gasteiger partial charge in [0.1, 0.15) is 0 Å². The fraction of sp³-hybridized carbons (Fsp3) is 0.667. The van der Waals surface area contributed by atoms with Crippen LogP contribution in [0.15, 0.2) is 18.2 Å². The summed E-state index contributed by atoms with van der Waals surface area (Å²) in [4.78, 5) is 0. The largest absolute Gasteiger partial charge is 0.490 e. The second kappa shape index (κ2) is 8.28. The van der Waals surface area contributed by atoms with Crippen LogP contribution in [-0.4, -0.2) is 19.3 Å². The van der Waals surface area contributed by atoms with E-state index in [0.717, 1.165) is 37.5 Å². The lowest BCUT2D eigenvalue weighted by Gasteiger charge is -2.19. The van der Waals surface area contributed by atoms with E-state index in [9.17, 15) is 0 Å². The molecule has 1 fully saturated rings. The Bertz CT molecular complexity index is 425. The number of hydrogen-bond donors (Lipinski definition) is 1. The first-order valence-electron chi connectivity index (χ1n) is 8.39. The van der Waals surface area contributed by atoms with E-state index < -0.39 is 0 Å². The minimum Gasteiger partial charge on any atom is -0.490 e. The average Bonchev–Trinajstić information content (AvgIpc) is 3.32. The van der Waals surface area contributed by atoms with Gasteiger partial charge in [-0.25, -0.2) is 0 Å². The Labute approximate surface area is 129 Å². The minimum atomic E-state index is 0.615. The molecule has 3 heteroatoms. The zero-order chi connectivity index (χ0) is 15.1. The molecule has 1 aliphatic rings. The van der Waals surface area contributed by atoms with Crippen molar-refractivity contribution in [2.45, 2.75) is 59.0 Å². The highest BCUT2D eigenvalue weighted by Gasteiger charge is 2.21. The SMILES string of the molecule is CCOc1cccc(CNC2CC2)c1OCC(CC)CC. The third-order valence-corrected chi connectivity index (χ3v) is 4.14. The van der Waals surface area contributed by atoms with Crippen molar-refractivity contribution >= 4 is 0 Å². The van der Waals surface area contributed by atoms with E-state index in [-0.39, 0.29) is 0 Å². The van der Waals surface area contributed by atoms with E-state index in [2.05, 4.69) is 31.3 Å². The summed E-state index contributed by atoms with van der Waals surface area (Å²) in [5.74, 6) is 2.42. The van der Waals surface area contributed by atoms with Crippen LogP contribution in [0.1, 0.15) is 52.0 Å². The van der Waals surface area contributed by atoms with Gasteiger partial charge in [-0.2, -0.15) is 0 Å². The van der Waals surface area contributed by atoms with Crippen molar-refractivity contribution in [3.05, 3.63) is 23.8 Å². The molecule has 1 N–H and O–H groups in total. The number of hydrogen-bond acceptors (Lipinski definition) is 3. The Morgan fingerprint density at radius 1 is 1.14 bits per heavy atom. The van der Waals surface area contributed by atoms with Gasteiger partial charge in [0, 0.05) is 18.2 Å². The summed E-state index contributed by atoms with van der Waals surface area (Å²) in [6.07, 6.45) is 4.91. The number of rotatable bonds is 10. The molecule has 0 spiro atoms. The first kappa shape index (κ1) is 16.2. The molecule has 0 radical (unpaired) electrons. The molecule has 0 amide bonds. The molecule has 3 nitrogen and oxygen atoms in total. The van der Waals surface area contributed by atoms with E-state index in [0.29, 0.717) is 18.6 Å². The van der Waals surface area contributed by atoms with Gasteiger partial charge in [0.05, 0.1) is 13.2 Å². The summed E-state index contributed by atoms with van der Waals surface area (Å²) in [7, 11) is 0. The number of benzene rings is 1. The van der Waals surface area contributed by atoms with Gasteiger partial charge in [0.2, 0.25) is 0 Å². The highest BCUT2D eigenvalue weighted by atomic mass is 16.5. The normalized spacial score (nSPS) is 14.5. The lowest BCUT2D eigenvalue weighted by molar-refractivity contribution is 0.223. The van der Waals surface area contributed by atoms with Crippen molar-refractivity contribution in [1.29, 1.82) is 0 Å². The molecule has 0 aromatic heterocycles. The van der Waals surface area contributed by atoms with Crippen LogP contribution in [-0.2, 0) is 6.54 Å². The lowest BCUT2D eigenvalue weighted by Crippen LogP contribution is -2.17. The van der Waals surface area contributed by atoms with Gasteiger partial charge in [0.25, 0.3) is 0 Å². The molecular formula is C18H29NO2. The monoisotopic (exact) mass is 291 g/mol. The Hall–Kier alpha value is -1.22. The molecule has 1 aromatic carbocycles. The van der Waals surface area contributed by atoms with Crippen molar-refractivity contribution < 1.29 is 9.47 Å². The van der Waals surface area contributed by atoms with Crippen molar-refractivity contribution in [1.82, 2.24) is 5.32 Å². The van der Waals surface area contributed by atoms with E-state index in [4.69, 9.17) is 9.47 Å². The van der Waals surface area contributed by atoms with Crippen molar-refractivity contribution in [2.24, 2.45) is 5.92 Å². The van der Waals surface area contributed by atoms with E-state index in [1.165, 1.54) is 18.4 Å². The fourth-order valence-corrected chi connectivity index (χ4v) is 2.40. The highest BCUT2D eigenvalue weighted by Crippen LogP contribution is 2.33. The second-order valence-corrected chi connectivity index (χ2v) is 5.83. The van der Waals surface area contributed by atoms with Gasteiger partial charge in [0.15, 0.2) is 11.5 Å². The van der Waals surface area contributed by atoms with Crippen LogP contribution in [0.5, 0.6) is 11.5 Å². The summed E-state index contributed by atoms with van der Waals surface area (Å²) >= 11 is 0. The van der Waals surface area contributed by atoms with Crippen LogP contribution >= 0.6 is 0 Å². The maximum absolute atomic E-state index is 6.15. The molecule has 1 saturated carbocycles. The summed E-state index contributed by atoms with van der Waals surface area (Å²) in [5.41, 5.74) is 1.21. The van der Waals surface area contributed by atoms with Gasteiger partial charge < -0.3 is 14.8 Å². The van der Waals surface area contributed by atoms with Crippen molar-refractivity contribution in [3.8, 4) is 11.5 Å². The summed E-state index contributed by atoms with van der Waals surface area (Å²) in [6.45, 7) is 8.76. The van der Waals surface area contributed by atoms with Crippen LogP contribution in [0, 0.1) is 5.92 Å². The van der Waals surface area contributed by atoms with Crippen LogP contribution in [0.2, 0.25) is 0 Å². The molecular weight excluding hydrogens is 262 g/mol. The molecule has 1 aliphatic carbocycles. The summed E-state index contributed by atoms with van der Waals surface area (Å²) in [5, 5.41) is 3.56. The van der Waals surface area contributed by atoms with Crippen molar-refractivity contribution in [2.75, 3.05) is 13.2 Å². The van der Waals surface area contributed by atoms with Gasteiger partial charge in [-0.1, -0.05) is 38.8 Å². The molecule has 21 heavy (non-hydrogen) atoms. The fourth-order valence-electron chi connectivity index (χ4n) is 2.40. The predicted molar refractivity (Wildman–Crippen MR) is 87.0 cm³/mol. The molecule has 0 atom stereocenters. The zero-order valence-corrected chi connectivity index (χ0v) is 13.7. The summed E-state index contributed by atoms with van der Waals surface area (Å²) < 4.78 is 11.9. The molecule has 0 aliphatic heterocycles. The molecule has 2 rings (SSSR count). The van der Waals surface area contributed by atoms with Crippen LogP contribution in [0.4, 0.5) is 0 Å². The average molecular weight is 291 g/mol. The maximum atomic E-state index is 6.15. The Kier molecular flexibility index (Phi) is 6.37. The first-order valence-corrected chi connectivity index (χ1v) is 8.39. The third kappa shape index (κ3) is 4.92. The highest BCUT2D eigenvalue weighted by molar-refractivity contribution is 5.46. The molecule has 0 unspecified atom stereocenters. The molecule has 118 valence electrons. The van der Waals surface area contributed by atoms with Crippen LogP contribution in [0.25, 0.3) is 0 Å². The Morgan fingerprint density at radius 2 is 1.90 bits per heavy atom. The number of ether oxygens (including phenoxy) is 2. The Morgan fingerprint density at radius 3 is 2.52 bits per heavy atom. The second-order valence-electron chi connectivity index (χ2n) is 5.83. The molecule has 1 aromatic rings. The van der Waals surface area contributed by atoms with E-state index in [1.807, 2.05) is 13.0 Å². The molecule has 0 heterocycles. The van der Waals surface area contributed by atoms with Gasteiger partial charge in [-0.15, -0.1) is 0 Å². The smallest absolute Gasteiger partial charge is 0.165 e. The standard InChI is InChI=1S/C18H29NO2/c1-4-14(5-2)13-21-18-15(12-19-16-10-11-16)8-7-9-17(18)20-6-3/h7-9,14,16,19H,4-6,10-13H2,1-3H3. The first-order chi connectivity index (χ1) is 10.3. The quantitative estimate of drug-likeness (QED) is 0.702. The van der Waals surface area contributed by atoms with Gasteiger partial charge in [-0.05, 0) is 31.7 Å². The van der Waals surface area contributed by atoms with Gasteiger partial charge in [-0.3, -0.25) is 0 Å². The molecule has 0 saturated heterocycles. The van der Waals surface area contributed by atoms with E-state index in [1.54, 1.807) is 0 Å². The van der Waals surface area contributed by atoms with Crippen LogP contribution in [0.3, 0.4) is 0 Å². The third-order valence-electron chi connectivity index (χ3n) is 4.14. The topological polar surface area (TPSA) is 30.5 Å². The maximum Gasteiger partial charge on any atom is 0.165 e. The number of para-hydroxylation sites is 1. The molecule has 0 bridgehead atoms. The van der Waals surface area contributed by atoms with Crippen LogP contribution < -0.4 is 14.8 Å². The van der Waals surface area contributed by atoms with Crippen molar-refractivity contribution in [3.63, 3.8) is 0 Å². The zero-order valence-electron chi connectivity index (χ0n) is 13.7. The number of nitrogens with one attached hydrogen (secondary N) is 1.